The fourth-order valence-electron chi connectivity index (χ4n) is 2.20. The molecule has 0 aromatic carbocycles. The van der Waals surface area contributed by atoms with Gasteiger partial charge in [-0.1, -0.05) is 13.0 Å². The van der Waals surface area contributed by atoms with Crippen molar-refractivity contribution in [2.75, 3.05) is 19.6 Å². The molecule has 1 aliphatic heterocycles. The lowest BCUT2D eigenvalue weighted by Crippen LogP contribution is -2.45. The number of hydrogen-bond donors (Lipinski definition) is 1. The molecule has 2 rings (SSSR count). The average molecular weight is 393 g/mol. The molecule has 0 bridgehead atoms. The van der Waals surface area contributed by atoms with Crippen LogP contribution in [0.4, 0.5) is 0 Å². The van der Waals surface area contributed by atoms with Crippen LogP contribution in [0.15, 0.2) is 22.5 Å². The summed E-state index contributed by atoms with van der Waals surface area (Å²) in [5.41, 5.74) is 0. The molecule has 1 saturated heterocycles. The Morgan fingerprint density at radius 2 is 2.21 bits per heavy atom. The van der Waals surface area contributed by atoms with Crippen molar-refractivity contribution in [3.05, 3.63) is 22.4 Å². The molecule has 0 saturated carbocycles. The summed E-state index contributed by atoms with van der Waals surface area (Å²) in [7, 11) is 0. The van der Waals surface area contributed by atoms with E-state index in [2.05, 4.69) is 41.6 Å². The predicted octanol–water partition coefficient (Wildman–Crippen LogP) is 3.56. The van der Waals surface area contributed by atoms with Gasteiger partial charge in [0.2, 0.25) is 0 Å². The third-order valence-electron chi connectivity index (χ3n) is 3.38. The van der Waals surface area contributed by atoms with Gasteiger partial charge in [-0.15, -0.1) is 35.3 Å². The third-order valence-corrected chi connectivity index (χ3v) is 4.24. The lowest BCUT2D eigenvalue weighted by molar-refractivity contribution is 0.273. The van der Waals surface area contributed by atoms with E-state index in [1.165, 1.54) is 17.7 Å². The number of aliphatic imine (C=N–C) groups is 1. The standard InChI is InChI=1S/C14H23N3S.HI/c1-3-15-14(16-11-13-5-4-10-18-13)17-8-6-12(2)7-9-17;/h4-5,10,12H,3,6-9,11H2,1-2H3,(H,15,16);1H. The number of thiophene rings is 1. The molecule has 0 amide bonds. The second kappa shape index (κ2) is 8.79. The Kier molecular flexibility index (Phi) is 7.75. The minimum Gasteiger partial charge on any atom is -0.357 e. The minimum absolute atomic E-state index is 0. The Balaban J connectivity index is 0.00000180. The van der Waals surface area contributed by atoms with Crippen molar-refractivity contribution in [2.24, 2.45) is 10.9 Å². The highest BCUT2D eigenvalue weighted by Crippen LogP contribution is 2.16. The number of nitrogens with one attached hydrogen (secondary N) is 1. The quantitative estimate of drug-likeness (QED) is 0.483. The maximum absolute atomic E-state index is 4.75. The van der Waals surface area contributed by atoms with Crippen LogP contribution in [0.1, 0.15) is 31.6 Å². The first-order chi connectivity index (χ1) is 8.79. The van der Waals surface area contributed by atoms with Gasteiger partial charge >= 0.3 is 0 Å². The van der Waals surface area contributed by atoms with E-state index in [0.717, 1.165) is 38.1 Å². The topological polar surface area (TPSA) is 27.6 Å². The summed E-state index contributed by atoms with van der Waals surface area (Å²) in [6.45, 7) is 8.48. The number of nitrogens with zero attached hydrogens (tertiary/aromatic N) is 2. The number of piperidine rings is 1. The number of rotatable bonds is 3. The Hall–Kier alpha value is -0.300. The Bertz CT molecular complexity index is 370. The largest absolute Gasteiger partial charge is 0.357 e. The van der Waals surface area contributed by atoms with Gasteiger partial charge in [0.25, 0.3) is 0 Å². The molecule has 108 valence electrons. The lowest BCUT2D eigenvalue weighted by Gasteiger charge is -2.32. The van der Waals surface area contributed by atoms with Gasteiger partial charge in [0.05, 0.1) is 6.54 Å². The fraction of sp³-hybridized carbons (Fsp3) is 0.643. The van der Waals surface area contributed by atoms with Crippen molar-refractivity contribution < 1.29 is 0 Å². The van der Waals surface area contributed by atoms with Crippen LogP contribution in [0, 0.1) is 5.92 Å². The van der Waals surface area contributed by atoms with E-state index >= 15 is 0 Å². The van der Waals surface area contributed by atoms with Gasteiger partial charge in [-0.25, -0.2) is 4.99 Å². The van der Waals surface area contributed by atoms with Crippen LogP contribution in [-0.2, 0) is 6.54 Å². The summed E-state index contributed by atoms with van der Waals surface area (Å²) in [6.07, 6.45) is 2.56. The average Bonchev–Trinajstić information content (AvgIpc) is 2.89. The van der Waals surface area contributed by atoms with E-state index in [9.17, 15) is 0 Å². The summed E-state index contributed by atoms with van der Waals surface area (Å²) >= 11 is 1.78. The van der Waals surface area contributed by atoms with Gasteiger partial charge in [0.1, 0.15) is 0 Å². The highest BCUT2D eigenvalue weighted by atomic mass is 127. The smallest absolute Gasteiger partial charge is 0.194 e. The number of guanidine groups is 1. The van der Waals surface area contributed by atoms with E-state index in [-0.39, 0.29) is 24.0 Å². The Morgan fingerprint density at radius 3 is 2.79 bits per heavy atom. The number of likely N-dealkylation sites (tertiary alicyclic amines) is 1. The number of halogens is 1. The molecule has 0 atom stereocenters. The molecule has 2 heterocycles. The molecular weight excluding hydrogens is 369 g/mol. The van der Waals surface area contributed by atoms with Crippen molar-refractivity contribution in [2.45, 2.75) is 33.2 Å². The van der Waals surface area contributed by atoms with E-state index in [1.54, 1.807) is 11.3 Å². The van der Waals surface area contributed by atoms with Crippen LogP contribution in [0.5, 0.6) is 0 Å². The molecule has 3 nitrogen and oxygen atoms in total. The van der Waals surface area contributed by atoms with E-state index < -0.39 is 0 Å². The van der Waals surface area contributed by atoms with Crippen molar-refractivity contribution in [3.8, 4) is 0 Å². The second-order valence-electron chi connectivity index (χ2n) is 4.92. The van der Waals surface area contributed by atoms with Crippen molar-refractivity contribution >= 4 is 41.3 Å². The normalized spacial score (nSPS) is 17.2. The van der Waals surface area contributed by atoms with E-state index in [4.69, 9.17) is 4.99 Å². The lowest BCUT2D eigenvalue weighted by atomic mass is 10.00. The van der Waals surface area contributed by atoms with Crippen molar-refractivity contribution in [1.82, 2.24) is 10.2 Å². The molecule has 0 spiro atoms. The summed E-state index contributed by atoms with van der Waals surface area (Å²) in [5.74, 6) is 1.94. The van der Waals surface area contributed by atoms with Gasteiger partial charge in [-0.2, -0.15) is 0 Å². The van der Waals surface area contributed by atoms with Crippen LogP contribution in [0.3, 0.4) is 0 Å². The Labute approximate surface area is 137 Å². The molecular formula is C14H24IN3S. The SMILES string of the molecule is CCNC(=NCc1cccs1)N1CCC(C)CC1.I. The number of hydrogen-bond acceptors (Lipinski definition) is 2. The molecule has 1 aromatic heterocycles. The first-order valence-electron chi connectivity index (χ1n) is 6.85. The zero-order valence-electron chi connectivity index (χ0n) is 11.8. The van der Waals surface area contributed by atoms with Gasteiger partial charge in [0, 0.05) is 24.5 Å². The maximum atomic E-state index is 4.75. The zero-order valence-corrected chi connectivity index (χ0v) is 14.9. The second-order valence-corrected chi connectivity index (χ2v) is 5.95. The van der Waals surface area contributed by atoms with Crippen LogP contribution in [0.2, 0.25) is 0 Å². The maximum Gasteiger partial charge on any atom is 0.194 e. The summed E-state index contributed by atoms with van der Waals surface area (Å²) < 4.78 is 0. The summed E-state index contributed by atoms with van der Waals surface area (Å²) in [5, 5.41) is 5.52. The molecule has 1 N–H and O–H groups in total. The highest BCUT2D eigenvalue weighted by Gasteiger charge is 2.18. The van der Waals surface area contributed by atoms with Gasteiger partial charge in [-0.05, 0) is 37.1 Å². The molecule has 0 aliphatic carbocycles. The van der Waals surface area contributed by atoms with Crippen LogP contribution < -0.4 is 5.32 Å². The fourth-order valence-corrected chi connectivity index (χ4v) is 2.83. The van der Waals surface area contributed by atoms with Crippen molar-refractivity contribution in [3.63, 3.8) is 0 Å². The first kappa shape index (κ1) is 16.8. The summed E-state index contributed by atoms with van der Waals surface area (Å²) in [6, 6.07) is 4.24. The predicted molar refractivity (Wildman–Crippen MR) is 94.5 cm³/mol. The molecule has 5 heteroatoms. The first-order valence-corrected chi connectivity index (χ1v) is 7.73. The van der Waals surface area contributed by atoms with Crippen molar-refractivity contribution in [1.29, 1.82) is 0 Å². The monoisotopic (exact) mass is 393 g/mol. The molecule has 1 aliphatic rings. The van der Waals surface area contributed by atoms with Gasteiger partial charge < -0.3 is 10.2 Å². The minimum atomic E-state index is 0. The van der Waals surface area contributed by atoms with Crippen LogP contribution in [0.25, 0.3) is 0 Å². The zero-order chi connectivity index (χ0) is 12.8. The molecule has 1 aromatic rings. The molecule has 19 heavy (non-hydrogen) atoms. The summed E-state index contributed by atoms with van der Waals surface area (Å²) in [4.78, 5) is 8.48. The third kappa shape index (κ3) is 5.30. The van der Waals surface area contributed by atoms with Crippen LogP contribution >= 0.6 is 35.3 Å². The van der Waals surface area contributed by atoms with E-state index in [0.29, 0.717) is 0 Å². The van der Waals surface area contributed by atoms with E-state index in [1.807, 2.05) is 0 Å². The molecule has 1 fully saturated rings. The highest BCUT2D eigenvalue weighted by molar-refractivity contribution is 14.0. The molecule has 0 radical (unpaired) electrons. The van der Waals surface area contributed by atoms with Gasteiger partial charge in [0.15, 0.2) is 5.96 Å². The van der Waals surface area contributed by atoms with Crippen LogP contribution in [-0.4, -0.2) is 30.5 Å². The van der Waals surface area contributed by atoms with Gasteiger partial charge in [-0.3, -0.25) is 0 Å². The molecule has 0 unspecified atom stereocenters. The Morgan fingerprint density at radius 1 is 1.47 bits per heavy atom.